The number of carbonyl (C=O) groups is 2. The third-order valence-electron chi connectivity index (χ3n) is 5.59. The first-order valence-electron chi connectivity index (χ1n) is 10.8. The normalized spacial score (nSPS) is 14.6. The monoisotopic (exact) mass is 412 g/mol. The molecule has 3 rings (SSSR count). The van der Waals surface area contributed by atoms with Gasteiger partial charge in [0.25, 0.3) is 0 Å². The smallest absolute Gasteiger partial charge is 0.223 e. The molecule has 1 aliphatic rings. The summed E-state index contributed by atoms with van der Waals surface area (Å²) in [7, 11) is 1.66. The SMILES string of the molecule is COCCCNC(=O)C1CCN(C(=O)CCCOc2cccc3ccccc23)CC1. The largest absolute Gasteiger partial charge is 0.493 e. The van der Waals surface area contributed by atoms with Gasteiger partial charge in [0.2, 0.25) is 11.8 Å². The van der Waals surface area contributed by atoms with Gasteiger partial charge in [-0.05, 0) is 37.1 Å². The molecule has 0 saturated carbocycles. The topological polar surface area (TPSA) is 67.9 Å². The van der Waals surface area contributed by atoms with E-state index in [0.717, 1.165) is 35.8 Å². The molecule has 0 atom stereocenters. The van der Waals surface area contributed by atoms with Crippen LogP contribution in [0.5, 0.6) is 5.75 Å². The Morgan fingerprint density at radius 1 is 1.03 bits per heavy atom. The molecule has 1 fully saturated rings. The van der Waals surface area contributed by atoms with E-state index in [9.17, 15) is 9.59 Å². The molecule has 0 radical (unpaired) electrons. The Bertz CT molecular complexity index is 826. The van der Waals surface area contributed by atoms with Crippen LogP contribution in [-0.2, 0) is 14.3 Å². The Morgan fingerprint density at radius 2 is 1.80 bits per heavy atom. The van der Waals surface area contributed by atoms with Crippen LogP contribution in [-0.4, -0.2) is 56.7 Å². The first-order chi connectivity index (χ1) is 14.7. The van der Waals surface area contributed by atoms with Crippen LogP contribution < -0.4 is 10.1 Å². The maximum atomic E-state index is 12.5. The molecule has 1 heterocycles. The summed E-state index contributed by atoms with van der Waals surface area (Å²) in [6.07, 6.45) is 3.43. The highest BCUT2D eigenvalue weighted by atomic mass is 16.5. The number of hydrogen-bond donors (Lipinski definition) is 1. The highest BCUT2D eigenvalue weighted by Crippen LogP contribution is 2.25. The molecule has 6 heteroatoms. The second-order valence-electron chi connectivity index (χ2n) is 7.72. The average molecular weight is 413 g/mol. The summed E-state index contributed by atoms with van der Waals surface area (Å²) >= 11 is 0. The van der Waals surface area contributed by atoms with Crippen LogP contribution in [0.2, 0.25) is 0 Å². The minimum atomic E-state index is 0.00582. The molecule has 0 unspecified atom stereocenters. The lowest BCUT2D eigenvalue weighted by Crippen LogP contribution is -2.43. The molecule has 162 valence electrons. The third-order valence-corrected chi connectivity index (χ3v) is 5.59. The number of likely N-dealkylation sites (tertiary alicyclic amines) is 1. The molecule has 0 spiro atoms. The van der Waals surface area contributed by atoms with E-state index in [1.807, 2.05) is 35.2 Å². The van der Waals surface area contributed by atoms with Crippen molar-refractivity contribution in [3.63, 3.8) is 0 Å². The first kappa shape index (κ1) is 22.1. The van der Waals surface area contributed by atoms with Crippen LogP contribution in [0.3, 0.4) is 0 Å². The molecule has 0 aromatic heterocycles. The Balaban J connectivity index is 1.34. The van der Waals surface area contributed by atoms with E-state index in [1.54, 1.807) is 7.11 Å². The number of nitrogens with one attached hydrogen (secondary N) is 1. The Morgan fingerprint density at radius 3 is 2.60 bits per heavy atom. The van der Waals surface area contributed by atoms with E-state index in [-0.39, 0.29) is 17.7 Å². The molecule has 2 amide bonds. The van der Waals surface area contributed by atoms with E-state index in [2.05, 4.69) is 17.4 Å². The Hall–Kier alpha value is -2.60. The number of benzene rings is 2. The van der Waals surface area contributed by atoms with Crippen molar-refractivity contribution in [3.8, 4) is 5.75 Å². The van der Waals surface area contributed by atoms with Gasteiger partial charge in [-0.1, -0.05) is 36.4 Å². The number of nitrogens with zero attached hydrogens (tertiary/aromatic N) is 1. The molecular formula is C24H32N2O4. The van der Waals surface area contributed by atoms with Gasteiger partial charge in [0.1, 0.15) is 5.75 Å². The number of fused-ring (bicyclic) bond motifs is 1. The maximum absolute atomic E-state index is 12.5. The van der Waals surface area contributed by atoms with Gasteiger partial charge in [-0.15, -0.1) is 0 Å². The van der Waals surface area contributed by atoms with Crippen LogP contribution in [0.25, 0.3) is 10.8 Å². The summed E-state index contributed by atoms with van der Waals surface area (Å²) in [6, 6.07) is 14.1. The van der Waals surface area contributed by atoms with E-state index in [1.165, 1.54) is 0 Å². The van der Waals surface area contributed by atoms with Crippen molar-refractivity contribution < 1.29 is 19.1 Å². The van der Waals surface area contributed by atoms with Crippen molar-refractivity contribution in [3.05, 3.63) is 42.5 Å². The van der Waals surface area contributed by atoms with Gasteiger partial charge in [0.15, 0.2) is 0 Å². The second kappa shape index (κ2) is 11.6. The lowest BCUT2D eigenvalue weighted by atomic mass is 9.95. The van der Waals surface area contributed by atoms with E-state index < -0.39 is 0 Å². The van der Waals surface area contributed by atoms with Gasteiger partial charge in [0, 0.05) is 51.1 Å². The number of amides is 2. The van der Waals surface area contributed by atoms with E-state index >= 15 is 0 Å². The van der Waals surface area contributed by atoms with Crippen LogP contribution in [0.15, 0.2) is 42.5 Å². The molecule has 0 aliphatic carbocycles. The molecule has 1 N–H and O–H groups in total. The Labute approximate surface area is 178 Å². The fourth-order valence-corrected chi connectivity index (χ4v) is 3.85. The number of hydrogen-bond acceptors (Lipinski definition) is 4. The minimum Gasteiger partial charge on any atom is -0.493 e. The summed E-state index contributed by atoms with van der Waals surface area (Å²) in [5, 5.41) is 5.20. The molecule has 2 aromatic rings. The fourth-order valence-electron chi connectivity index (χ4n) is 3.85. The summed E-state index contributed by atoms with van der Waals surface area (Å²) < 4.78 is 10.9. The van der Waals surface area contributed by atoms with Crippen molar-refractivity contribution >= 4 is 22.6 Å². The number of carbonyl (C=O) groups excluding carboxylic acids is 2. The van der Waals surface area contributed by atoms with E-state index in [4.69, 9.17) is 9.47 Å². The highest BCUT2D eigenvalue weighted by Gasteiger charge is 2.26. The standard InChI is InChI=1S/C24H32N2O4/c1-29-17-6-14-25-24(28)20-12-15-26(16-13-20)23(27)11-5-18-30-22-10-4-8-19-7-2-3-9-21(19)22/h2-4,7-10,20H,5-6,11-18H2,1H3,(H,25,28). The zero-order valence-corrected chi connectivity index (χ0v) is 17.8. The van der Waals surface area contributed by atoms with Crippen molar-refractivity contribution in [2.24, 2.45) is 5.92 Å². The van der Waals surface area contributed by atoms with Crippen molar-refractivity contribution in [1.82, 2.24) is 10.2 Å². The van der Waals surface area contributed by atoms with Gasteiger partial charge in [-0.3, -0.25) is 9.59 Å². The molecule has 0 bridgehead atoms. The van der Waals surface area contributed by atoms with Gasteiger partial charge in [-0.25, -0.2) is 0 Å². The van der Waals surface area contributed by atoms with Crippen molar-refractivity contribution in [1.29, 1.82) is 0 Å². The van der Waals surface area contributed by atoms with Gasteiger partial charge in [-0.2, -0.15) is 0 Å². The van der Waals surface area contributed by atoms with Crippen LogP contribution in [0.1, 0.15) is 32.1 Å². The second-order valence-corrected chi connectivity index (χ2v) is 7.72. The summed E-state index contributed by atoms with van der Waals surface area (Å²) in [5.74, 6) is 1.11. The molecule has 6 nitrogen and oxygen atoms in total. The Kier molecular flexibility index (Phi) is 8.51. The van der Waals surface area contributed by atoms with Crippen LogP contribution in [0, 0.1) is 5.92 Å². The van der Waals surface area contributed by atoms with Gasteiger partial charge >= 0.3 is 0 Å². The van der Waals surface area contributed by atoms with Crippen LogP contribution >= 0.6 is 0 Å². The fraction of sp³-hybridized carbons (Fsp3) is 0.500. The summed E-state index contributed by atoms with van der Waals surface area (Å²) in [4.78, 5) is 26.6. The van der Waals surface area contributed by atoms with Crippen molar-refractivity contribution in [2.75, 3.05) is 40.0 Å². The zero-order chi connectivity index (χ0) is 21.2. The first-order valence-corrected chi connectivity index (χ1v) is 10.8. The highest BCUT2D eigenvalue weighted by molar-refractivity contribution is 5.88. The predicted octanol–water partition coefficient (Wildman–Crippen LogP) is 3.39. The minimum absolute atomic E-state index is 0.00582. The lowest BCUT2D eigenvalue weighted by molar-refractivity contribution is -0.135. The molecular weight excluding hydrogens is 380 g/mol. The summed E-state index contributed by atoms with van der Waals surface area (Å²) in [5.41, 5.74) is 0. The molecule has 1 aliphatic heterocycles. The maximum Gasteiger partial charge on any atom is 0.223 e. The number of ether oxygens (including phenoxy) is 2. The number of rotatable bonds is 10. The third kappa shape index (κ3) is 6.20. The molecule has 2 aromatic carbocycles. The quantitative estimate of drug-likeness (QED) is 0.608. The molecule has 30 heavy (non-hydrogen) atoms. The van der Waals surface area contributed by atoms with Gasteiger partial charge < -0.3 is 19.7 Å². The number of methoxy groups -OCH3 is 1. The zero-order valence-electron chi connectivity index (χ0n) is 17.8. The number of piperidine rings is 1. The molecule has 1 saturated heterocycles. The average Bonchev–Trinajstić information content (AvgIpc) is 2.79. The van der Waals surface area contributed by atoms with Crippen LogP contribution in [0.4, 0.5) is 0 Å². The summed E-state index contributed by atoms with van der Waals surface area (Å²) in [6.45, 7) is 3.11. The van der Waals surface area contributed by atoms with Gasteiger partial charge in [0.05, 0.1) is 6.61 Å². The predicted molar refractivity (Wildman–Crippen MR) is 117 cm³/mol. The lowest BCUT2D eigenvalue weighted by Gasteiger charge is -2.31. The van der Waals surface area contributed by atoms with E-state index in [0.29, 0.717) is 45.7 Å². The van der Waals surface area contributed by atoms with Crippen molar-refractivity contribution in [2.45, 2.75) is 32.1 Å².